The lowest BCUT2D eigenvalue weighted by Crippen LogP contribution is -2.40. The first-order chi connectivity index (χ1) is 9.58. The van der Waals surface area contributed by atoms with E-state index >= 15 is 0 Å². The summed E-state index contributed by atoms with van der Waals surface area (Å²) in [6, 6.07) is 8.38. The zero-order valence-electron chi connectivity index (χ0n) is 12.0. The molecule has 5 heteroatoms. The van der Waals surface area contributed by atoms with Gasteiger partial charge in [0.25, 0.3) is 0 Å². The zero-order valence-corrected chi connectivity index (χ0v) is 12.0. The van der Waals surface area contributed by atoms with Crippen LogP contribution < -0.4 is 10.6 Å². The van der Waals surface area contributed by atoms with Crippen LogP contribution >= 0.6 is 0 Å². The van der Waals surface area contributed by atoms with Crippen LogP contribution in [-0.2, 0) is 16.0 Å². The minimum Gasteiger partial charge on any atom is -0.354 e. The van der Waals surface area contributed by atoms with Gasteiger partial charge in [-0.25, -0.2) is 0 Å². The van der Waals surface area contributed by atoms with Crippen LogP contribution in [0.5, 0.6) is 0 Å². The number of carbonyl (C=O) groups excluding carboxylic acids is 2. The molecule has 1 heterocycles. The van der Waals surface area contributed by atoms with Crippen molar-refractivity contribution in [2.45, 2.75) is 18.9 Å². The molecule has 1 aliphatic rings. The molecule has 20 heavy (non-hydrogen) atoms. The summed E-state index contributed by atoms with van der Waals surface area (Å²) in [7, 11) is 3.29. The average molecular weight is 275 g/mol. The largest absolute Gasteiger partial charge is 0.354 e. The molecule has 2 amide bonds. The van der Waals surface area contributed by atoms with E-state index in [1.54, 1.807) is 14.1 Å². The summed E-state index contributed by atoms with van der Waals surface area (Å²) in [6.07, 6.45) is 0.918. The van der Waals surface area contributed by atoms with Gasteiger partial charge in [-0.2, -0.15) is 0 Å². The number of hydrogen-bond acceptors (Lipinski definition) is 3. The van der Waals surface area contributed by atoms with Gasteiger partial charge in [0.15, 0.2) is 0 Å². The maximum absolute atomic E-state index is 11.7. The number of hydrogen-bond donors (Lipinski definition) is 2. The number of rotatable bonds is 4. The second-order valence-electron chi connectivity index (χ2n) is 5.22. The summed E-state index contributed by atoms with van der Waals surface area (Å²) in [5.41, 5.74) is 2.56. The van der Waals surface area contributed by atoms with E-state index in [0.717, 1.165) is 13.0 Å². The van der Waals surface area contributed by atoms with Crippen LogP contribution in [-0.4, -0.2) is 43.9 Å². The molecule has 1 aromatic rings. The summed E-state index contributed by atoms with van der Waals surface area (Å²) in [5, 5.41) is 6.23. The fourth-order valence-electron chi connectivity index (χ4n) is 2.35. The first-order valence-corrected chi connectivity index (χ1v) is 6.86. The molecule has 0 aromatic heterocycles. The predicted molar refractivity (Wildman–Crippen MR) is 77.2 cm³/mol. The molecule has 1 aromatic carbocycles. The highest BCUT2D eigenvalue weighted by molar-refractivity contribution is 5.96. The highest BCUT2D eigenvalue weighted by Gasteiger charge is 2.20. The molecular formula is C15H21N3O2. The van der Waals surface area contributed by atoms with E-state index in [0.29, 0.717) is 6.54 Å². The van der Waals surface area contributed by atoms with Crippen LogP contribution in [0.25, 0.3) is 0 Å². The first kappa shape index (κ1) is 14.5. The lowest BCUT2D eigenvalue weighted by Gasteiger charge is -2.27. The average Bonchev–Trinajstić information content (AvgIpc) is 2.44. The van der Waals surface area contributed by atoms with Crippen molar-refractivity contribution < 1.29 is 9.59 Å². The van der Waals surface area contributed by atoms with E-state index in [-0.39, 0.29) is 24.3 Å². The minimum atomic E-state index is -0.228. The predicted octanol–water partition coefficient (Wildman–Crippen LogP) is 0.468. The fraction of sp³-hybridized carbons (Fsp3) is 0.467. The van der Waals surface area contributed by atoms with E-state index in [9.17, 15) is 9.59 Å². The van der Waals surface area contributed by atoms with Crippen LogP contribution in [0.1, 0.15) is 23.6 Å². The van der Waals surface area contributed by atoms with Crippen LogP contribution in [0.15, 0.2) is 24.3 Å². The summed E-state index contributed by atoms with van der Waals surface area (Å²) < 4.78 is 0. The Morgan fingerprint density at radius 3 is 2.85 bits per heavy atom. The lowest BCUT2D eigenvalue weighted by atomic mass is 9.94. The minimum absolute atomic E-state index is 0.0959. The quantitative estimate of drug-likeness (QED) is 0.785. The van der Waals surface area contributed by atoms with Gasteiger partial charge >= 0.3 is 0 Å². The molecule has 5 nitrogen and oxygen atoms in total. The van der Waals surface area contributed by atoms with Gasteiger partial charge in [-0.3, -0.25) is 9.59 Å². The third kappa shape index (κ3) is 3.57. The number of nitrogens with one attached hydrogen (secondary N) is 2. The number of nitrogens with zero attached hydrogens (tertiary/aromatic N) is 1. The summed E-state index contributed by atoms with van der Waals surface area (Å²) in [6.45, 7) is 1.42. The normalized spacial score (nSPS) is 17.2. The second-order valence-corrected chi connectivity index (χ2v) is 5.22. The van der Waals surface area contributed by atoms with Gasteiger partial charge in [0, 0.05) is 26.7 Å². The van der Waals surface area contributed by atoms with Gasteiger partial charge in [-0.15, -0.1) is 0 Å². The Morgan fingerprint density at radius 2 is 2.10 bits per heavy atom. The maximum Gasteiger partial charge on any atom is 0.231 e. The highest BCUT2D eigenvalue weighted by atomic mass is 16.2. The first-order valence-electron chi connectivity index (χ1n) is 6.86. The zero-order chi connectivity index (χ0) is 14.5. The van der Waals surface area contributed by atoms with E-state index < -0.39 is 0 Å². The monoisotopic (exact) mass is 275 g/mol. The molecule has 1 unspecified atom stereocenters. The third-order valence-electron chi connectivity index (χ3n) is 3.53. The fourth-order valence-corrected chi connectivity index (χ4v) is 2.35. The van der Waals surface area contributed by atoms with Crippen LogP contribution in [0, 0.1) is 0 Å². The van der Waals surface area contributed by atoms with E-state index in [4.69, 9.17) is 0 Å². The van der Waals surface area contributed by atoms with E-state index in [2.05, 4.69) is 22.8 Å². The summed E-state index contributed by atoms with van der Waals surface area (Å²) >= 11 is 0. The number of benzene rings is 1. The molecule has 0 saturated carbocycles. The van der Waals surface area contributed by atoms with Gasteiger partial charge < -0.3 is 15.5 Å². The van der Waals surface area contributed by atoms with Gasteiger partial charge in [0.2, 0.25) is 11.8 Å². The van der Waals surface area contributed by atoms with E-state index in [1.165, 1.54) is 16.0 Å². The molecule has 2 N–H and O–H groups in total. The number of fused-ring (bicyclic) bond motifs is 1. The summed E-state index contributed by atoms with van der Waals surface area (Å²) in [4.78, 5) is 24.6. The van der Waals surface area contributed by atoms with Gasteiger partial charge in [-0.1, -0.05) is 24.3 Å². The van der Waals surface area contributed by atoms with Gasteiger partial charge in [0.05, 0.1) is 0 Å². The van der Waals surface area contributed by atoms with Crippen molar-refractivity contribution in [2.75, 3.05) is 27.2 Å². The lowest BCUT2D eigenvalue weighted by molar-refractivity contribution is -0.134. The second kappa shape index (κ2) is 6.52. The Kier molecular flexibility index (Phi) is 4.74. The number of carbonyl (C=O) groups is 2. The van der Waals surface area contributed by atoms with Crippen molar-refractivity contribution >= 4 is 11.8 Å². The molecule has 0 spiro atoms. The molecule has 1 aliphatic heterocycles. The molecule has 0 radical (unpaired) electrons. The van der Waals surface area contributed by atoms with Crippen molar-refractivity contribution in [1.82, 2.24) is 15.5 Å². The molecular weight excluding hydrogens is 254 g/mol. The standard InChI is InChI=1S/C15H21N3O2/c1-18(2)15(20)9-14(19)17-10-13-12-6-4-3-5-11(12)7-8-16-13/h3-6,13,16H,7-10H2,1-2H3,(H,17,19). The van der Waals surface area contributed by atoms with Crippen molar-refractivity contribution in [3.8, 4) is 0 Å². The molecule has 2 rings (SSSR count). The Bertz CT molecular complexity index is 500. The van der Waals surface area contributed by atoms with Crippen LogP contribution in [0.3, 0.4) is 0 Å². The Labute approximate surface area is 119 Å². The van der Waals surface area contributed by atoms with Crippen molar-refractivity contribution in [2.24, 2.45) is 0 Å². The van der Waals surface area contributed by atoms with Crippen molar-refractivity contribution in [1.29, 1.82) is 0 Å². The van der Waals surface area contributed by atoms with E-state index in [1.807, 2.05) is 12.1 Å². The molecule has 0 bridgehead atoms. The van der Waals surface area contributed by atoms with Crippen LogP contribution in [0.4, 0.5) is 0 Å². The Morgan fingerprint density at radius 1 is 1.35 bits per heavy atom. The number of amides is 2. The SMILES string of the molecule is CN(C)C(=O)CC(=O)NCC1NCCc2ccccc21. The summed E-state index contributed by atoms with van der Waals surface area (Å²) in [5.74, 6) is -0.409. The van der Waals surface area contributed by atoms with Crippen molar-refractivity contribution in [3.05, 3.63) is 35.4 Å². The smallest absolute Gasteiger partial charge is 0.231 e. The van der Waals surface area contributed by atoms with Gasteiger partial charge in [-0.05, 0) is 24.1 Å². The third-order valence-corrected chi connectivity index (χ3v) is 3.53. The Balaban J connectivity index is 1.89. The Hall–Kier alpha value is -1.88. The van der Waals surface area contributed by atoms with Gasteiger partial charge in [0.1, 0.15) is 6.42 Å². The molecule has 1 atom stereocenters. The maximum atomic E-state index is 11.7. The molecule has 108 valence electrons. The molecule has 0 saturated heterocycles. The highest BCUT2D eigenvalue weighted by Crippen LogP contribution is 2.21. The molecule has 0 fully saturated rings. The van der Waals surface area contributed by atoms with Crippen molar-refractivity contribution in [3.63, 3.8) is 0 Å². The van der Waals surface area contributed by atoms with Crippen LogP contribution in [0.2, 0.25) is 0 Å². The molecule has 0 aliphatic carbocycles. The topological polar surface area (TPSA) is 61.4 Å².